The molecule has 3 rings (SSSR count). The predicted octanol–water partition coefficient (Wildman–Crippen LogP) is 3.00. The van der Waals surface area contributed by atoms with Gasteiger partial charge in [-0.1, -0.05) is 11.6 Å². The molecule has 0 aliphatic carbocycles. The second-order valence-electron chi connectivity index (χ2n) is 5.60. The first-order valence-corrected chi connectivity index (χ1v) is 7.52. The second kappa shape index (κ2) is 5.22. The highest BCUT2D eigenvalue weighted by molar-refractivity contribution is 6.30. The molecule has 0 bridgehead atoms. The van der Waals surface area contributed by atoms with Crippen molar-refractivity contribution in [2.75, 3.05) is 6.54 Å². The van der Waals surface area contributed by atoms with Crippen molar-refractivity contribution >= 4 is 17.5 Å². The summed E-state index contributed by atoms with van der Waals surface area (Å²) in [6, 6.07) is 1.79. The van der Waals surface area contributed by atoms with Crippen LogP contribution >= 0.6 is 11.6 Å². The highest BCUT2D eigenvalue weighted by atomic mass is 35.5. The first kappa shape index (κ1) is 14.2. The van der Waals surface area contributed by atoms with Crippen LogP contribution < -0.4 is 0 Å². The lowest BCUT2D eigenvalue weighted by atomic mass is 10.0. The number of hydrogen-bond acceptors (Lipinski definition) is 2. The van der Waals surface area contributed by atoms with Crippen molar-refractivity contribution in [2.45, 2.75) is 32.7 Å². The molecule has 3 heterocycles. The van der Waals surface area contributed by atoms with Gasteiger partial charge in [-0.15, -0.1) is 0 Å². The van der Waals surface area contributed by atoms with Crippen LogP contribution in [0.5, 0.6) is 0 Å². The van der Waals surface area contributed by atoms with Gasteiger partial charge in [-0.25, -0.2) is 0 Å². The predicted molar refractivity (Wildman–Crippen MR) is 81.5 cm³/mol. The highest BCUT2D eigenvalue weighted by Gasteiger charge is 2.34. The number of carbonyl (C=O) groups excluding carboxylic acids is 1. The molecular weight excluding hydrogens is 288 g/mol. The van der Waals surface area contributed by atoms with Crippen LogP contribution in [0.4, 0.5) is 0 Å². The molecule has 6 heteroatoms. The maximum atomic E-state index is 12.7. The van der Waals surface area contributed by atoms with Crippen molar-refractivity contribution in [2.24, 2.45) is 7.05 Å². The standard InChI is InChI=1S/C15H19ClN4O/c1-9-14(10(2)19(3)18-9)13-5-4-6-20(13)15(21)12-7-11(16)8-17-12/h7-8,13,17H,4-6H2,1-3H3. The van der Waals surface area contributed by atoms with Gasteiger partial charge in [-0.05, 0) is 32.8 Å². The van der Waals surface area contributed by atoms with Gasteiger partial charge in [0.25, 0.3) is 5.91 Å². The number of aryl methyl sites for hydroxylation is 2. The van der Waals surface area contributed by atoms with Crippen LogP contribution in [0.15, 0.2) is 12.3 Å². The Balaban J connectivity index is 1.94. The number of halogens is 1. The number of rotatable bonds is 2. The molecule has 0 spiro atoms. The summed E-state index contributed by atoms with van der Waals surface area (Å²) in [7, 11) is 1.94. The van der Waals surface area contributed by atoms with Crippen molar-refractivity contribution < 1.29 is 4.79 Å². The zero-order valence-corrected chi connectivity index (χ0v) is 13.2. The third-order valence-electron chi connectivity index (χ3n) is 4.29. The van der Waals surface area contributed by atoms with Crippen LogP contribution in [0.1, 0.15) is 46.3 Å². The van der Waals surface area contributed by atoms with Gasteiger partial charge in [0.1, 0.15) is 5.69 Å². The Kier molecular flexibility index (Phi) is 3.53. The molecule has 0 radical (unpaired) electrons. The third kappa shape index (κ3) is 2.35. The normalized spacial score (nSPS) is 18.5. The van der Waals surface area contributed by atoms with Gasteiger partial charge in [0.05, 0.1) is 16.8 Å². The summed E-state index contributed by atoms with van der Waals surface area (Å²) in [6.07, 6.45) is 3.63. The van der Waals surface area contributed by atoms with E-state index in [1.54, 1.807) is 12.3 Å². The molecule has 1 aliphatic rings. The first-order valence-electron chi connectivity index (χ1n) is 7.14. The van der Waals surface area contributed by atoms with Crippen LogP contribution in [0, 0.1) is 13.8 Å². The smallest absolute Gasteiger partial charge is 0.270 e. The highest BCUT2D eigenvalue weighted by Crippen LogP contribution is 2.36. The Morgan fingerprint density at radius 3 is 2.81 bits per heavy atom. The molecule has 0 saturated carbocycles. The summed E-state index contributed by atoms with van der Waals surface area (Å²) >= 11 is 5.90. The van der Waals surface area contributed by atoms with E-state index in [0.29, 0.717) is 10.7 Å². The van der Waals surface area contributed by atoms with Crippen molar-refractivity contribution in [3.05, 3.63) is 39.9 Å². The molecule has 1 saturated heterocycles. The second-order valence-corrected chi connectivity index (χ2v) is 6.03. The van der Waals surface area contributed by atoms with E-state index in [4.69, 9.17) is 11.6 Å². The summed E-state index contributed by atoms with van der Waals surface area (Å²) < 4.78 is 1.89. The molecule has 1 aliphatic heterocycles. The Bertz CT molecular complexity index is 688. The number of amides is 1. The largest absolute Gasteiger partial charge is 0.356 e. The van der Waals surface area contributed by atoms with Crippen molar-refractivity contribution in [3.63, 3.8) is 0 Å². The van der Waals surface area contributed by atoms with Crippen LogP contribution in [0.3, 0.4) is 0 Å². The molecule has 5 nitrogen and oxygen atoms in total. The van der Waals surface area contributed by atoms with E-state index in [1.165, 1.54) is 5.56 Å². The van der Waals surface area contributed by atoms with Gasteiger partial charge >= 0.3 is 0 Å². The fourth-order valence-electron chi connectivity index (χ4n) is 3.23. The quantitative estimate of drug-likeness (QED) is 0.927. The van der Waals surface area contributed by atoms with Crippen molar-refractivity contribution in [3.8, 4) is 0 Å². The Morgan fingerprint density at radius 2 is 2.24 bits per heavy atom. The molecule has 1 atom stereocenters. The fraction of sp³-hybridized carbons (Fsp3) is 0.467. The van der Waals surface area contributed by atoms with Crippen molar-refractivity contribution in [1.29, 1.82) is 0 Å². The fourth-order valence-corrected chi connectivity index (χ4v) is 3.39. The number of nitrogens with one attached hydrogen (secondary N) is 1. The van der Waals surface area contributed by atoms with E-state index in [0.717, 1.165) is 30.8 Å². The molecule has 2 aromatic rings. The first-order chi connectivity index (χ1) is 9.99. The minimum atomic E-state index is 0.00653. The molecule has 2 aromatic heterocycles. The average Bonchev–Trinajstić information content (AvgIpc) is 3.11. The Morgan fingerprint density at radius 1 is 1.48 bits per heavy atom. The zero-order valence-electron chi connectivity index (χ0n) is 12.5. The molecule has 0 aromatic carbocycles. The summed E-state index contributed by atoms with van der Waals surface area (Å²) in [5, 5.41) is 5.03. The topological polar surface area (TPSA) is 53.9 Å². The lowest BCUT2D eigenvalue weighted by Gasteiger charge is -2.25. The van der Waals surface area contributed by atoms with E-state index in [1.807, 2.05) is 23.6 Å². The van der Waals surface area contributed by atoms with Gasteiger partial charge in [0.2, 0.25) is 0 Å². The van der Waals surface area contributed by atoms with Crippen LogP contribution in [0.25, 0.3) is 0 Å². The maximum Gasteiger partial charge on any atom is 0.270 e. The molecular formula is C15H19ClN4O. The van der Waals surface area contributed by atoms with Crippen LogP contribution in [-0.2, 0) is 7.05 Å². The third-order valence-corrected chi connectivity index (χ3v) is 4.51. The molecule has 21 heavy (non-hydrogen) atoms. The van der Waals surface area contributed by atoms with Crippen molar-refractivity contribution in [1.82, 2.24) is 19.7 Å². The van der Waals surface area contributed by atoms with Crippen LogP contribution in [-0.4, -0.2) is 32.1 Å². The summed E-state index contributed by atoms with van der Waals surface area (Å²) in [4.78, 5) is 17.6. The number of hydrogen-bond donors (Lipinski definition) is 1. The Labute approximate surface area is 128 Å². The maximum absolute atomic E-state index is 12.7. The monoisotopic (exact) mass is 306 g/mol. The number of H-pyrrole nitrogens is 1. The minimum Gasteiger partial charge on any atom is -0.356 e. The lowest BCUT2D eigenvalue weighted by Crippen LogP contribution is -2.31. The number of aromatic nitrogens is 3. The van der Waals surface area contributed by atoms with Gasteiger partial charge in [0.15, 0.2) is 0 Å². The minimum absolute atomic E-state index is 0.00653. The van der Waals surface area contributed by atoms with Gasteiger partial charge in [-0.3, -0.25) is 9.48 Å². The molecule has 112 valence electrons. The number of likely N-dealkylation sites (tertiary alicyclic amines) is 1. The molecule has 1 unspecified atom stereocenters. The van der Waals surface area contributed by atoms with E-state index in [-0.39, 0.29) is 11.9 Å². The summed E-state index contributed by atoms with van der Waals surface area (Å²) in [5.74, 6) is 0.00653. The molecule has 1 amide bonds. The zero-order chi connectivity index (χ0) is 15.1. The number of nitrogens with zero attached hydrogens (tertiary/aromatic N) is 3. The SMILES string of the molecule is Cc1nn(C)c(C)c1C1CCCN1C(=O)c1cc(Cl)c[nH]1. The van der Waals surface area contributed by atoms with Gasteiger partial charge < -0.3 is 9.88 Å². The van der Waals surface area contributed by atoms with Gasteiger partial charge in [0, 0.05) is 31.0 Å². The van der Waals surface area contributed by atoms with Crippen LogP contribution in [0.2, 0.25) is 5.02 Å². The van der Waals surface area contributed by atoms with E-state index in [2.05, 4.69) is 17.0 Å². The Hall–Kier alpha value is -1.75. The number of aromatic amines is 1. The summed E-state index contributed by atoms with van der Waals surface area (Å²) in [5.41, 5.74) is 3.86. The van der Waals surface area contributed by atoms with E-state index < -0.39 is 0 Å². The van der Waals surface area contributed by atoms with E-state index >= 15 is 0 Å². The molecule has 1 fully saturated rings. The number of carbonyl (C=O) groups is 1. The average molecular weight is 307 g/mol. The lowest BCUT2D eigenvalue weighted by molar-refractivity contribution is 0.0729. The summed E-state index contributed by atoms with van der Waals surface area (Å²) in [6.45, 7) is 4.84. The van der Waals surface area contributed by atoms with Gasteiger partial charge in [-0.2, -0.15) is 5.10 Å². The molecule has 1 N–H and O–H groups in total. The van der Waals surface area contributed by atoms with E-state index in [9.17, 15) is 4.79 Å².